The van der Waals surface area contributed by atoms with Gasteiger partial charge in [0.05, 0.1) is 0 Å². The zero-order chi connectivity index (χ0) is 4.50. The van der Waals surface area contributed by atoms with E-state index in [4.69, 9.17) is 16.7 Å². The van der Waals surface area contributed by atoms with Crippen LogP contribution in [0.3, 0.4) is 0 Å². The van der Waals surface area contributed by atoms with E-state index >= 15 is 0 Å². The summed E-state index contributed by atoms with van der Waals surface area (Å²) in [5.74, 6) is 0. The third-order valence-electron chi connectivity index (χ3n) is 0. The minimum Gasteiger partial charge on any atom is -0.376 e. The van der Waals surface area contributed by atoms with Crippen molar-refractivity contribution in [3.05, 3.63) is 0 Å². The molecule has 0 fully saturated rings. The molecule has 0 aliphatic heterocycles. The average Bonchev–Trinajstić information content (AvgIpc) is 0.722. The number of hydrogen-bond donors (Lipinski definition) is 1. The van der Waals surface area contributed by atoms with Crippen LogP contribution < -0.4 is 0 Å². The second kappa shape index (κ2) is 3.18. The van der Waals surface area contributed by atoms with Gasteiger partial charge < -0.3 is 5.11 Å². The van der Waals surface area contributed by atoms with E-state index in [1.54, 1.807) is 0 Å². The van der Waals surface area contributed by atoms with E-state index in [1.165, 1.54) is 13.8 Å². The Balaban J connectivity index is 0. The van der Waals surface area contributed by atoms with E-state index in [2.05, 4.69) is 0 Å². The van der Waals surface area contributed by atoms with Gasteiger partial charge in [-0.05, 0) is 13.8 Å². The normalized spacial score (nSPS) is 10.0. The summed E-state index contributed by atoms with van der Waals surface area (Å²) in [6, 6.07) is 0. The van der Waals surface area contributed by atoms with Crippen LogP contribution in [0.25, 0.3) is 0 Å². The van der Waals surface area contributed by atoms with Crippen LogP contribution in [0.2, 0.25) is 0 Å². The second-order valence-corrected chi connectivity index (χ2v) is 2.33. The SMILES string of the molecule is CC(C)(O)Cl.[Zr]. The Morgan fingerprint density at radius 1 is 1.50 bits per heavy atom. The Kier molecular flexibility index (Phi) is 5.39. The maximum absolute atomic E-state index is 8.29. The summed E-state index contributed by atoms with van der Waals surface area (Å²) in [5.41, 5.74) is 0. The van der Waals surface area contributed by atoms with E-state index in [0.29, 0.717) is 0 Å². The van der Waals surface area contributed by atoms with Gasteiger partial charge in [-0.25, -0.2) is 0 Å². The fourth-order valence-corrected chi connectivity index (χ4v) is 0. The van der Waals surface area contributed by atoms with Crippen LogP contribution in [0.1, 0.15) is 13.8 Å². The van der Waals surface area contributed by atoms with Crippen molar-refractivity contribution in [2.75, 3.05) is 0 Å². The van der Waals surface area contributed by atoms with Gasteiger partial charge in [-0.1, -0.05) is 11.6 Å². The van der Waals surface area contributed by atoms with Gasteiger partial charge in [0.15, 0.2) is 0 Å². The fraction of sp³-hybridized carbons (Fsp3) is 1.00. The number of halogens is 1. The zero-order valence-electron chi connectivity index (χ0n) is 3.83. The molecule has 36 valence electrons. The minimum absolute atomic E-state index is 0. The molecule has 0 amide bonds. The van der Waals surface area contributed by atoms with Gasteiger partial charge in [-0.2, -0.15) is 0 Å². The first kappa shape index (κ1) is 10.2. The molecule has 0 atom stereocenters. The maximum Gasteiger partial charge on any atom is 0.133 e. The molecule has 0 rings (SSSR count). The van der Waals surface area contributed by atoms with Crippen molar-refractivity contribution < 1.29 is 31.3 Å². The van der Waals surface area contributed by atoms with Crippen molar-refractivity contribution in [2.45, 2.75) is 18.9 Å². The molecule has 0 aliphatic carbocycles. The van der Waals surface area contributed by atoms with Gasteiger partial charge in [0.25, 0.3) is 0 Å². The van der Waals surface area contributed by atoms with Gasteiger partial charge >= 0.3 is 0 Å². The quantitative estimate of drug-likeness (QED) is 0.558. The van der Waals surface area contributed by atoms with Crippen LogP contribution in [0.5, 0.6) is 0 Å². The molecule has 0 saturated heterocycles. The Morgan fingerprint density at radius 3 is 1.50 bits per heavy atom. The summed E-state index contributed by atoms with van der Waals surface area (Å²) < 4.78 is 0. The minimum atomic E-state index is -1.03. The number of alkyl halides is 1. The van der Waals surface area contributed by atoms with Crippen molar-refractivity contribution in [3.63, 3.8) is 0 Å². The molecule has 1 nitrogen and oxygen atoms in total. The van der Waals surface area contributed by atoms with E-state index in [-0.39, 0.29) is 26.2 Å². The standard InChI is InChI=1S/C3H7ClO.Zr/c1-3(2,4)5;/h5H,1-2H3;. The number of aliphatic hydroxyl groups is 1. The number of rotatable bonds is 0. The van der Waals surface area contributed by atoms with Gasteiger partial charge in [0.1, 0.15) is 5.06 Å². The van der Waals surface area contributed by atoms with Crippen LogP contribution in [0.15, 0.2) is 0 Å². The molecule has 0 radical (unpaired) electrons. The Labute approximate surface area is 61.8 Å². The zero-order valence-corrected chi connectivity index (χ0v) is 7.04. The van der Waals surface area contributed by atoms with E-state index < -0.39 is 5.06 Å². The molecule has 0 saturated carbocycles. The van der Waals surface area contributed by atoms with Crippen LogP contribution in [-0.2, 0) is 26.2 Å². The molecule has 0 aromatic rings. The van der Waals surface area contributed by atoms with Gasteiger partial charge in [0.2, 0.25) is 0 Å². The van der Waals surface area contributed by atoms with Crippen molar-refractivity contribution in [2.24, 2.45) is 0 Å². The van der Waals surface area contributed by atoms with Crippen LogP contribution in [0.4, 0.5) is 0 Å². The molecular formula is C3H7ClOZr. The maximum atomic E-state index is 8.29. The fourth-order valence-electron chi connectivity index (χ4n) is 0. The Bertz CT molecular complexity index is 26.3. The van der Waals surface area contributed by atoms with Gasteiger partial charge in [-0.3, -0.25) is 0 Å². The Morgan fingerprint density at radius 2 is 1.50 bits per heavy atom. The van der Waals surface area contributed by atoms with E-state index in [1.807, 2.05) is 0 Å². The summed E-state index contributed by atoms with van der Waals surface area (Å²) in [4.78, 5) is 0. The average molecular weight is 186 g/mol. The van der Waals surface area contributed by atoms with E-state index in [9.17, 15) is 0 Å². The first-order chi connectivity index (χ1) is 2.00. The monoisotopic (exact) mass is 184 g/mol. The van der Waals surface area contributed by atoms with Crippen molar-refractivity contribution in [1.82, 2.24) is 0 Å². The summed E-state index contributed by atoms with van der Waals surface area (Å²) in [6.45, 7) is 3.02. The third kappa shape index (κ3) is 68.3. The first-order valence-electron chi connectivity index (χ1n) is 1.41. The molecule has 0 bridgehead atoms. The summed E-state index contributed by atoms with van der Waals surface area (Å²) in [7, 11) is 0. The molecule has 0 aliphatic rings. The predicted octanol–water partition coefficient (Wildman–Crippen LogP) is 0.951. The van der Waals surface area contributed by atoms with E-state index in [0.717, 1.165) is 0 Å². The topological polar surface area (TPSA) is 20.2 Å². The Hall–Kier alpha value is 1.13. The molecule has 6 heavy (non-hydrogen) atoms. The molecule has 0 unspecified atom stereocenters. The molecule has 1 N–H and O–H groups in total. The molecule has 0 aromatic carbocycles. The van der Waals surface area contributed by atoms with Gasteiger partial charge in [0, 0.05) is 26.2 Å². The molecule has 0 heterocycles. The number of hydrogen-bond acceptors (Lipinski definition) is 1. The molecule has 0 aromatic heterocycles. The van der Waals surface area contributed by atoms with Crippen LogP contribution >= 0.6 is 11.6 Å². The van der Waals surface area contributed by atoms with Crippen molar-refractivity contribution in [1.29, 1.82) is 0 Å². The predicted molar refractivity (Wildman–Crippen MR) is 22.2 cm³/mol. The van der Waals surface area contributed by atoms with Crippen molar-refractivity contribution in [3.8, 4) is 0 Å². The summed E-state index contributed by atoms with van der Waals surface area (Å²) >= 11 is 5.09. The first-order valence-corrected chi connectivity index (χ1v) is 1.79. The summed E-state index contributed by atoms with van der Waals surface area (Å²) in [5, 5.41) is 7.26. The third-order valence-corrected chi connectivity index (χ3v) is 0. The molecule has 3 heteroatoms. The van der Waals surface area contributed by atoms with Gasteiger partial charge in [-0.15, -0.1) is 0 Å². The second-order valence-electron chi connectivity index (χ2n) is 1.41. The smallest absolute Gasteiger partial charge is 0.133 e. The molecular weight excluding hydrogens is 179 g/mol. The molecule has 0 spiro atoms. The largest absolute Gasteiger partial charge is 0.376 e. The van der Waals surface area contributed by atoms with Crippen molar-refractivity contribution >= 4 is 11.6 Å². The summed E-state index contributed by atoms with van der Waals surface area (Å²) in [6.07, 6.45) is 0. The van der Waals surface area contributed by atoms with Crippen LogP contribution in [0, 0.1) is 0 Å². The van der Waals surface area contributed by atoms with Crippen LogP contribution in [-0.4, -0.2) is 10.2 Å².